The number of aliphatic hydroxyl groups is 2. The van der Waals surface area contributed by atoms with Gasteiger partial charge in [-0.1, -0.05) is 30.3 Å². The number of aliphatic hydroxyl groups excluding tert-OH is 1. The Bertz CT molecular complexity index is 1080. The maximum absolute atomic E-state index is 13.1. The van der Waals surface area contributed by atoms with Crippen molar-refractivity contribution in [2.45, 2.75) is 57.1 Å². The van der Waals surface area contributed by atoms with Crippen molar-refractivity contribution in [3.05, 3.63) is 77.4 Å². The van der Waals surface area contributed by atoms with E-state index in [0.29, 0.717) is 17.8 Å². The van der Waals surface area contributed by atoms with Gasteiger partial charge in [-0.25, -0.2) is 0 Å². The van der Waals surface area contributed by atoms with Gasteiger partial charge in [0.25, 0.3) is 0 Å². The van der Waals surface area contributed by atoms with E-state index < -0.39 is 23.9 Å². The molecule has 0 amide bonds. The third-order valence-electron chi connectivity index (χ3n) is 6.18. The molecule has 168 valence electrons. The van der Waals surface area contributed by atoms with Gasteiger partial charge in [-0.15, -0.1) is 0 Å². The van der Waals surface area contributed by atoms with Crippen LogP contribution in [0.15, 0.2) is 55.0 Å². The minimum absolute atomic E-state index is 0.0520. The number of nitrogens with two attached hydrogens (primary N) is 1. The number of hydrogen-bond donors (Lipinski definition) is 3. The smallest absolute Gasteiger partial charge is 0.189 e. The number of nitrogens with zero attached hydrogens (tertiary/aromatic N) is 3. The molecule has 1 aliphatic heterocycles. The van der Waals surface area contributed by atoms with Gasteiger partial charge in [0, 0.05) is 31.4 Å². The number of carbonyl (C=O) groups is 1. The number of carbonyl (C=O) groups excluding carboxylic acids is 1. The molecule has 0 bridgehead atoms. The molecule has 1 aliphatic rings. The van der Waals surface area contributed by atoms with Gasteiger partial charge in [-0.05, 0) is 36.6 Å². The second-order valence-electron chi connectivity index (χ2n) is 8.53. The summed E-state index contributed by atoms with van der Waals surface area (Å²) in [6, 6.07) is 11.6. The van der Waals surface area contributed by atoms with Gasteiger partial charge < -0.3 is 20.7 Å². The zero-order valence-corrected chi connectivity index (χ0v) is 18.2. The van der Waals surface area contributed by atoms with Crippen LogP contribution < -0.4 is 5.73 Å². The average molecular weight is 437 g/mol. The maximum atomic E-state index is 13.1. The van der Waals surface area contributed by atoms with Crippen LogP contribution in [0.3, 0.4) is 0 Å². The van der Waals surface area contributed by atoms with E-state index in [1.54, 1.807) is 43.2 Å². The lowest BCUT2D eigenvalue weighted by atomic mass is 9.84. The highest BCUT2D eigenvalue weighted by atomic mass is 16.5. The largest absolute Gasteiger partial charge is 0.396 e. The lowest BCUT2D eigenvalue weighted by Gasteiger charge is -2.43. The van der Waals surface area contributed by atoms with E-state index in [1.807, 2.05) is 30.3 Å². The zero-order valence-electron chi connectivity index (χ0n) is 18.2. The summed E-state index contributed by atoms with van der Waals surface area (Å²) < 4.78 is 7.65. The first-order chi connectivity index (χ1) is 15.3. The van der Waals surface area contributed by atoms with Gasteiger partial charge in [-0.3, -0.25) is 14.5 Å². The van der Waals surface area contributed by atoms with E-state index in [-0.39, 0.29) is 24.3 Å². The summed E-state index contributed by atoms with van der Waals surface area (Å²) in [6.07, 6.45) is 3.20. The summed E-state index contributed by atoms with van der Waals surface area (Å²) in [7, 11) is 0. The highest BCUT2D eigenvalue weighted by Gasteiger charge is 2.44. The van der Waals surface area contributed by atoms with Gasteiger partial charge in [0.2, 0.25) is 0 Å². The van der Waals surface area contributed by atoms with Gasteiger partial charge in [0.05, 0.1) is 30.5 Å². The van der Waals surface area contributed by atoms with Gasteiger partial charge in [-0.2, -0.15) is 5.10 Å². The lowest BCUT2D eigenvalue weighted by Crippen LogP contribution is -2.54. The summed E-state index contributed by atoms with van der Waals surface area (Å²) in [5.41, 5.74) is 7.80. The van der Waals surface area contributed by atoms with E-state index in [1.165, 1.54) is 0 Å². The Labute approximate surface area is 186 Å². The fourth-order valence-electron chi connectivity index (χ4n) is 4.01. The molecule has 0 spiro atoms. The van der Waals surface area contributed by atoms with Crippen molar-refractivity contribution >= 4 is 11.5 Å². The summed E-state index contributed by atoms with van der Waals surface area (Å²) >= 11 is 0. The fraction of sp³-hybridized carbons (Fsp3) is 0.375. The predicted molar refractivity (Wildman–Crippen MR) is 119 cm³/mol. The molecular formula is C24H28N4O4. The molecule has 0 aliphatic carbocycles. The Balaban J connectivity index is 1.53. The van der Waals surface area contributed by atoms with E-state index >= 15 is 0 Å². The molecule has 1 aromatic carbocycles. The molecular weight excluding hydrogens is 408 g/mol. The molecule has 8 heteroatoms. The van der Waals surface area contributed by atoms with Crippen molar-refractivity contribution in [2.24, 2.45) is 0 Å². The summed E-state index contributed by atoms with van der Waals surface area (Å²) in [5, 5.41) is 25.2. The van der Waals surface area contributed by atoms with Crippen molar-refractivity contribution in [1.29, 1.82) is 0 Å². The number of ketones is 1. The Morgan fingerprint density at radius 1 is 1.31 bits per heavy atom. The third kappa shape index (κ3) is 4.43. The number of hydrogen-bond acceptors (Lipinski definition) is 7. The van der Waals surface area contributed by atoms with Crippen molar-refractivity contribution < 1.29 is 19.7 Å². The van der Waals surface area contributed by atoms with Crippen LogP contribution in [-0.4, -0.2) is 48.6 Å². The van der Waals surface area contributed by atoms with Crippen LogP contribution in [0.5, 0.6) is 0 Å². The van der Waals surface area contributed by atoms with Crippen LogP contribution in [0.1, 0.15) is 53.6 Å². The molecule has 0 radical (unpaired) electrons. The average Bonchev–Trinajstić information content (AvgIpc) is 3.13. The molecule has 2 aromatic heterocycles. The number of rotatable bonds is 6. The van der Waals surface area contributed by atoms with Gasteiger partial charge in [0.15, 0.2) is 11.5 Å². The Morgan fingerprint density at radius 2 is 2.06 bits per heavy atom. The van der Waals surface area contributed by atoms with Crippen LogP contribution in [0, 0.1) is 0 Å². The molecule has 0 saturated carbocycles. The maximum Gasteiger partial charge on any atom is 0.189 e. The highest BCUT2D eigenvalue weighted by Crippen LogP contribution is 2.38. The van der Waals surface area contributed by atoms with E-state index in [0.717, 1.165) is 11.1 Å². The van der Waals surface area contributed by atoms with Crippen LogP contribution in [0.4, 0.5) is 5.69 Å². The second kappa shape index (κ2) is 8.82. The first-order valence-electron chi connectivity index (χ1n) is 10.6. The summed E-state index contributed by atoms with van der Waals surface area (Å²) in [4.78, 5) is 17.2. The number of anilines is 1. The first-order valence-corrected chi connectivity index (χ1v) is 10.6. The van der Waals surface area contributed by atoms with Crippen molar-refractivity contribution in [1.82, 2.24) is 14.8 Å². The molecule has 1 saturated heterocycles. The standard InChI is InChI=1S/C24H28N4O4/c1-15-24(2,31)22(30)11-21(32-15)18-8-9-26-12-17(18)10-20(29)23-19(25)14-28(27-23)13-16-6-4-3-5-7-16/h3-9,12,14-15,21-22,30-31H,10-11,13,25H2,1-2H3/t15-,21-,22-,24-/m1/s1. The van der Waals surface area contributed by atoms with Gasteiger partial charge >= 0.3 is 0 Å². The number of benzene rings is 1. The van der Waals surface area contributed by atoms with E-state index in [4.69, 9.17) is 10.5 Å². The highest BCUT2D eigenvalue weighted by molar-refractivity contribution is 6.00. The first kappa shape index (κ1) is 22.1. The van der Waals surface area contributed by atoms with Gasteiger partial charge in [0.1, 0.15) is 5.60 Å². The number of pyridine rings is 1. The quantitative estimate of drug-likeness (QED) is 0.507. The molecule has 4 atom stereocenters. The molecule has 32 heavy (non-hydrogen) atoms. The minimum Gasteiger partial charge on any atom is -0.396 e. The molecule has 3 heterocycles. The lowest BCUT2D eigenvalue weighted by molar-refractivity contribution is -0.215. The number of ether oxygens (including phenoxy) is 1. The zero-order chi connectivity index (χ0) is 22.9. The molecule has 8 nitrogen and oxygen atoms in total. The summed E-state index contributed by atoms with van der Waals surface area (Å²) in [6.45, 7) is 3.80. The normalized spacial score (nSPS) is 25.6. The van der Waals surface area contributed by atoms with E-state index in [2.05, 4.69) is 10.1 Å². The SMILES string of the molecule is C[C@H]1O[C@@H](c2ccncc2CC(=O)c2nn(Cc3ccccc3)cc2N)C[C@@H](O)[C@]1(C)O. The second-order valence-corrected chi connectivity index (χ2v) is 8.53. The Hall–Kier alpha value is -3.07. The minimum atomic E-state index is -1.33. The Kier molecular flexibility index (Phi) is 6.10. The topological polar surface area (TPSA) is 123 Å². The van der Waals surface area contributed by atoms with Crippen LogP contribution >= 0.6 is 0 Å². The van der Waals surface area contributed by atoms with E-state index in [9.17, 15) is 15.0 Å². The predicted octanol–water partition coefficient (Wildman–Crippen LogP) is 2.30. The number of nitrogen functional groups attached to an aromatic ring is 1. The molecule has 1 fully saturated rings. The molecule has 4 N–H and O–H groups in total. The monoisotopic (exact) mass is 436 g/mol. The van der Waals surface area contributed by atoms with Crippen LogP contribution in [0.25, 0.3) is 0 Å². The Morgan fingerprint density at radius 3 is 2.78 bits per heavy atom. The van der Waals surface area contributed by atoms with Crippen LogP contribution in [0.2, 0.25) is 0 Å². The van der Waals surface area contributed by atoms with Crippen molar-refractivity contribution in [3.63, 3.8) is 0 Å². The fourth-order valence-corrected chi connectivity index (χ4v) is 4.01. The molecule has 0 unspecified atom stereocenters. The third-order valence-corrected chi connectivity index (χ3v) is 6.18. The van der Waals surface area contributed by atoms with Crippen molar-refractivity contribution in [3.8, 4) is 0 Å². The summed E-state index contributed by atoms with van der Waals surface area (Å²) in [5.74, 6) is -0.222. The van der Waals surface area contributed by atoms with Crippen molar-refractivity contribution in [2.75, 3.05) is 5.73 Å². The molecule has 3 aromatic rings. The molecule has 4 rings (SSSR count). The number of aromatic nitrogens is 3. The van der Waals surface area contributed by atoms with Crippen LogP contribution in [-0.2, 0) is 17.7 Å². The number of Topliss-reactive ketones (excluding diaryl/α,β-unsaturated/α-hetero) is 1.